The van der Waals surface area contributed by atoms with E-state index in [-0.39, 0.29) is 11.8 Å². The van der Waals surface area contributed by atoms with Gasteiger partial charge < -0.3 is 15.4 Å². The molecule has 144 valence electrons. The minimum Gasteiger partial charge on any atom is -0.481 e. The maximum Gasteiger partial charge on any atom is 0.265 e. The van der Waals surface area contributed by atoms with Crippen LogP contribution in [0, 0.1) is 6.92 Å². The zero-order valence-electron chi connectivity index (χ0n) is 16.2. The fourth-order valence-corrected chi connectivity index (χ4v) is 2.65. The van der Waals surface area contributed by atoms with Crippen molar-refractivity contribution in [3.05, 3.63) is 52.5 Å². The summed E-state index contributed by atoms with van der Waals surface area (Å²) in [5, 5.41) is 5.79. The molecule has 0 heterocycles. The Hall–Kier alpha value is -2.53. The molecular formula is C21H25ClN2O3. The third kappa shape index (κ3) is 5.73. The van der Waals surface area contributed by atoms with Crippen LogP contribution < -0.4 is 15.4 Å². The van der Waals surface area contributed by atoms with Gasteiger partial charge in [-0.1, -0.05) is 37.6 Å². The molecule has 1 atom stereocenters. The van der Waals surface area contributed by atoms with E-state index in [9.17, 15) is 9.59 Å². The summed E-state index contributed by atoms with van der Waals surface area (Å²) in [5.41, 5.74) is 3.08. The molecule has 2 amide bonds. The number of ether oxygens (including phenoxy) is 1. The lowest BCUT2D eigenvalue weighted by atomic mass is 10.0. The summed E-state index contributed by atoms with van der Waals surface area (Å²) in [6.45, 7) is 9.25. The lowest BCUT2D eigenvalue weighted by Gasteiger charge is -2.18. The molecule has 0 bridgehead atoms. The van der Waals surface area contributed by atoms with Crippen LogP contribution >= 0.6 is 11.6 Å². The Morgan fingerprint density at radius 3 is 2.37 bits per heavy atom. The molecule has 27 heavy (non-hydrogen) atoms. The van der Waals surface area contributed by atoms with Crippen molar-refractivity contribution in [2.75, 3.05) is 10.6 Å². The maximum atomic E-state index is 12.6. The van der Waals surface area contributed by atoms with Crippen molar-refractivity contribution in [2.24, 2.45) is 0 Å². The monoisotopic (exact) mass is 388 g/mol. The number of halogens is 1. The van der Waals surface area contributed by atoms with Crippen LogP contribution in [0.1, 0.15) is 44.7 Å². The number of hydrogen-bond donors (Lipinski definition) is 2. The van der Waals surface area contributed by atoms with Crippen LogP contribution in [0.15, 0.2) is 36.4 Å². The number of carbonyl (C=O) groups is 2. The van der Waals surface area contributed by atoms with E-state index in [0.29, 0.717) is 28.1 Å². The number of carbonyl (C=O) groups excluding carboxylic acids is 2. The fraction of sp³-hybridized carbons (Fsp3) is 0.333. The topological polar surface area (TPSA) is 67.4 Å². The molecule has 0 aliphatic carbocycles. The van der Waals surface area contributed by atoms with Gasteiger partial charge in [-0.3, -0.25) is 9.59 Å². The quantitative estimate of drug-likeness (QED) is 0.720. The number of anilines is 2. The summed E-state index contributed by atoms with van der Waals surface area (Å²) in [7, 11) is 0. The lowest BCUT2D eigenvalue weighted by molar-refractivity contribution is -0.122. The number of amides is 2. The highest BCUT2D eigenvalue weighted by atomic mass is 35.5. The number of aryl methyl sites for hydroxylation is 1. The number of nitrogens with one attached hydrogen (secondary N) is 2. The van der Waals surface area contributed by atoms with Gasteiger partial charge in [-0.15, -0.1) is 0 Å². The minimum absolute atomic E-state index is 0.202. The highest BCUT2D eigenvalue weighted by Gasteiger charge is 2.18. The van der Waals surface area contributed by atoms with E-state index in [2.05, 4.69) is 30.5 Å². The summed E-state index contributed by atoms with van der Waals surface area (Å²) >= 11 is 6.15. The van der Waals surface area contributed by atoms with Crippen LogP contribution in [0.5, 0.6) is 5.75 Å². The van der Waals surface area contributed by atoms with Crippen LogP contribution in [-0.2, 0) is 9.59 Å². The highest BCUT2D eigenvalue weighted by molar-refractivity contribution is 6.34. The molecule has 6 heteroatoms. The Bertz CT molecular complexity index is 849. The Balaban J connectivity index is 2.12. The van der Waals surface area contributed by atoms with E-state index >= 15 is 0 Å². The van der Waals surface area contributed by atoms with E-state index in [0.717, 1.165) is 11.1 Å². The summed E-state index contributed by atoms with van der Waals surface area (Å²) in [6, 6.07) is 10.9. The van der Waals surface area contributed by atoms with Crippen molar-refractivity contribution in [3.63, 3.8) is 0 Å². The summed E-state index contributed by atoms with van der Waals surface area (Å²) in [4.78, 5) is 23.7. The van der Waals surface area contributed by atoms with Crippen molar-refractivity contribution in [2.45, 2.75) is 46.6 Å². The first kappa shape index (κ1) is 20.8. The molecule has 0 aliphatic rings. The van der Waals surface area contributed by atoms with E-state index in [1.807, 2.05) is 19.1 Å². The molecule has 2 rings (SSSR count). The Kier molecular flexibility index (Phi) is 6.86. The predicted molar refractivity (Wildman–Crippen MR) is 110 cm³/mol. The van der Waals surface area contributed by atoms with Crippen molar-refractivity contribution >= 4 is 34.8 Å². The number of hydrogen-bond acceptors (Lipinski definition) is 3. The van der Waals surface area contributed by atoms with Gasteiger partial charge in [0.2, 0.25) is 5.91 Å². The average Bonchev–Trinajstić information content (AvgIpc) is 2.59. The molecule has 1 unspecified atom stereocenters. The minimum atomic E-state index is -0.716. The fourth-order valence-electron chi connectivity index (χ4n) is 2.48. The van der Waals surface area contributed by atoms with E-state index in [1.165, 1.54) is 6.92 Å². The van der Waals surface area contributed by atoms with Gasteiger partial charge in [0, 0.05) is 12.6 Å². The molecule has 0 saturated carbocycles. The number of benzene rings is 2. The van der Waals surface area contributed by atoms with Crippen molar-refractivity contribution in [1.82, 2.24) is 0 Å². The van der Waals surface area contributed by atoms with Crippen LogP contribution in [-0.4, -0.2) is 17.9 Å². The third-order valence-electron chi connectivity index (χ3n) is 4.10. The zero-order chi connectivity index (χ0) is 20.1. The first-order chi connectivity index (χ1) is 12.7. The molecule has 0 aliphatic heterocycles. The summed E-state index contributed by atoms with van der Waals surface area (Å²) < 4.78 is 5.88. The standard InChI is InChI=1S/C21H25ClN2O3/c1-12(2)16-7-6-13(3)20(10-16)27-14(4)21(26)24-19-11-17(23-15(5)25)8-9-18(19)22/h6-12,14H,1-5H3,(H,23,25)(H,24,26). The molecule has 0 saturated heterocycles. The second-order valence-electron chi connectivity index (χ2n) is 6.80. The molecule has 2 N–H and O–H groups in total. The first-order valence-corrected chi connectivity index (χ1v) is 9.20. The van der Waals surface area contributed by atoms with Gasteiger partial charge >= 0.3 is 0 Å². The molecule has 0 spiro atoms. The molecule has 2 aromatic carbocycles. The van der Waals surface area contributed by atoms with Crippen molar-refractivity contribution < 1.29 is 14.3 Å². The zero-order valence-corrected chi connectivity index (χ0v) is 17.0. The van der Waals surface area contributed by atoms with Crippen molar-refractivity contribution in [3.8, 4) is 5.75 Å². The van der Waals surface area contributed by atoms with Crippen LogP contribution in [0.3, 0.4) is 0 Å². The largest absolute Gasteiger partial charge is 0.481 e. The van der Waals surface area contributed by atoms with Gasteiger partial charge in [0.05, 0.1) is 10.7 Å². The smallest absolute Gasteiger partial charge is 0.265 e. The SMILES string of the molecule is CC(=O)Nc1ccc(Cl)c(NC(=O)C(C)Oc2cc(C(C)C)ccc2C)c1. The van der Waals surface area contributed by atoms with Gasteiger partial charge in [-0.2, -0.15) is 0 Å². The lowest BCUT2D eigenvalue weighted by Crippen LogP contribution is -2.30. The Morgan fingerprint density at radius 1 is 1.04 bits per heavy atom. The Morgan fingerprint density at radius 2 is 1.74 bits per heavy atom. The highest BCUT2D eigenvalue weighted by Crippen LogP contribution is 2.27. The van der Waals surface area contributed by atoms with Crippen LogP contribution in [0.2, 0.25) is 5.02 Å². The molecule has 0 aromatic heterocycles. The molecule has 0 radical (unpaired) electrons. The first-order valence-electron chi connectivity index (χ1n) is 8.82. The normalized spacial score (nSPS) is 11.8. The molecular weight excluding hydrogens is 364 g/mol. The second-order valence-corrected chi connectivity index (χ2v) is 7.21. The maximum absolute atomic E-state index is 12.6. The van der Waals surface area contributed by atoms with Crippen molar-refractivity contribution in [1.29, 1.82) is 0 Å². The molecule has 2 aromatic rings. The van der Waals surface area contributed by atoms with Gasteiger partial charge in [-0.05, 0) is 55.2 Å². The van der Waals surface area contributed by atoms with Gasteiger partial charge in [0.25, 0.3) is 5.91 Å². The second kappa shape index (κ2) is 8.91. The predicted octanol–water partition coefficient (Wildman–Crippen LogP) is 5.14. The third-order valence-corrected chi connectivity index (χ3v) is 4.43. The summed E-state index contributed by atoms with van der Waals surface area (Å²) in [6.07, 6.45) is -0.716. The summed E-state index contributed by atoms with van der Waals surface area (Å²) in [5.74, 6) is 0.521. The average molecular weight is 389 g/mol. The van der Waals surface area contributed by atoms with Gasteiger partial charge in [0.15, 0.2) is 6.10 Å². The Labute approximate surface area is 165 Å². The van der Waals surface area contributed by atoms with Crippen LogP contribution in [0.25, 0.3) is 0 Å². The van der Waals surface area contributed by atoms with Gasteiger partial charge in [0.1, 0.15) is 5.75 Å². The van der Waals surface area contributed by atoms with E-state index < -0.39 is 6.10 Å². The van der Waals surface area contributed by atoms with Crippen LogP contribution in [0.4, 0.5) is 11.4 Å². The molecule has 0 fully saturated rings. The number of rotatable bonds is 6. The van der Waals surface area contributed by atoms with E-state index in [4.69, 9.17) is 16.3 Å². The van der Waals surface area contributed by atoms with E-state index in [1.54, 1.807) is 25.1 Å². The van der Waals surface area contributed by atoms with Gasteiger partial charge in [-0.25, -0.2) is 0 Å². The molecule has 5 nitrogen and oxygen atoms in total.